The molecule has 0 bridgehead atoms. The molecule has 1 aromatic rings. The van der Waals surface area contributed by atoms with Gasteiger partial charge in [0.2, 0.25) is 0 Å². The van der Waals surface area contributed by atoms with E-state index in [9.17, 15) is 9.90 Å². The smallest absolute Gasteiger partial charge is 0.317 e. The number of nitrogens with one attached hydrogen (secondary N) is 1. The number of carbonyl (C=O) groups excluding carboxylic acids is 1. The number of hydrogen-bond acceptors (Lipinski definition) is 2. The molecule has 0 aromatic heterocycles. The third-order valence-electron chi connectivity index (χ3n) is 4.50. The first kappa shape index (κ1) is 15.8. The molecule has 1 saturated carbocycles. The Hall–Kier alpha value is -1.55. The fourth-order valence-electron chi connectivity index (χ4n) is 2.82. The first-order valence-corrected chi connectivity index (χ1v) is 7.76. The van der Waals surface area contributed by atoms with E-state index in [1.54, 1.807) is 18.9 Å². The SMILES string of the molecule is CC(O)CCN(C)C(=O)NCC1(c2ccccc2)CCC1. The van der Waals surface area contributed by atoms with Crippen molar-refractivity contribution >= 4 is 6.03 Å². The van der Waals surface area contributed by atoms with Crippen molar-refractivity contribution in [1.82, 2.24) is 10.2 Å². The van der Waals surface area contributed by atoms with Gasteiger partial charge in [0.15, 0.2) is 0 Å². The molecule has 1 aliphatic carbocycles. The molecule has 2 rings (SSSR count). The number of rotatable bonds is 6. The zero-order valence-electron chi connectivity index (χ0n) is 13.0. The van der Waals surface area contributed by atoms with Crippen molar-refractivity contribution < 1.29 is 9.90 Å². The van der Waals surface area contributed by atoms with E-state index in [1.807, 2.05) is 6.07 Å². The van der Waals surface area contributed by atoms with Gasteiger partial charge < -0.3 is 15.3 Å². The maximum absolute atomic E-state index is 12.1. The monoisotopic (exact) mass is 290 g/mol. The number of aliphatic hydroxyl groups excluding tert-OH is 1. The highest BCUT2D eigenvalue weighted by Crippen LogP contribution is 2.43. The minimum absolute atomic E-state index is 0.0575. The van der Waals surface area contributed by atoms with E-state index in [-0.39, 0.29) is 17.6 Å². The molecule has 116 valence electrons. The molecule has 1 unspecified atom stereocenters. The van der Waals surface area contributed by atoms with E-state index in [1.165, 1.54) is 12.0 Å². The third kappa shape index (κ3) is 3.97. The number of benzene rings is 1. The van der Waals surface area contributed by atoms with Crippen LogP contribution >= 0.6 is 0 Å². The number of nitrogens with zero attached hydrogens (tertiary/aromatic N) is 1. The van der Waals surface area contributed by atoms with Gasteiger partial charge >= 0.3 is 6.03 Å². The molecule has 0 saturated heterocycles. The van der Waals surface area contributed by atoms with Crippen LogP contribution in [0.25, 0.3) is 0 Å². The summed E-state index contributed by atoms with van der Waals surface area (Å²) in [4.78, 5) is 13.7. The summed E-state index contributed by atoms with van der Waals surface area (Å²) in [6, 6.07) is 10.4. The fraction of sp³-hybridized carbons (Fsp3) is 0.588. The number of amides is 2. The van der Waals surface area contributed by atoms with Crippen molar-refractivity contribution in [2.24, 2.45) is 0 Å². The van der Waals surface area contributed by atoms with Gasteiger partial charge in [0.05, 0.1) is 6.10 Å². The average molecular weight is 290 g/mol. The van der Waals surface area contributed by atoms with Crippen LogP contribution < -0.4 is 5.32 Å². The van der Waals surface area contributed by atoms with Gasteiger partial charge in [-0.15, -0.1) is 0 Å². The summed E-state index contributed by atoms with van der Waals surface area (Å²) < 4.78 is 0. The van der Waals surface area contributed by atoms with Gasteiger partial charge in [-0.3, -0.25) is 0 Å². The molecule has 4 nitrogen and oxygen atoms in total. The largest absolute Gasteiger partial charge is 0.393 e. The molecule has 0 radical (unpaired) electrons. The zero-order valence-corrected chi connectivity index (χ0v) is 13.0. The van der Waals surface area contributed by atoms with Crippen LogP contribution in [0.15, 0.2) is 30.3 Å². The van der Waals surface area contributed by atoms with Crippen molar-refractivity contribution in [3.8, 4) is 0 Å². The summed E-state index contributed by atoms with van der Waals surface area (Å²) in [6.07, 6.45) is 3.72. The predicted octanol–water partition coefficient (Wildman–Crippen LogP) is 2.52. The van der Waals surface area contributed by atoms with E-state index in [2.05, 4.69) is 29.6 Å². The molecule has 0 aliphatic heterocycles. The first-order valence-electron chi connectivity index (χ1n) is 7.76. The molecule has 2 N–H and O–H groups in total. The van der Waals surface area contributed by atoms with Crippen molar-refractivity contribution in [1.29, 1.82) is 0 Å². The second-order valence-electron chi connectivity index (χ2n) is 6.22. The van der Waals surface area contributed by atoms with Crippen LogP contribution in [0.5, 0.6) is 0 Å². The van der Waals surface area contributed by atoms with Crippen LogP contribution in [-0.4, -0.2) is 42.3 Å². The maximum atomic E-state index is 12.1. The number of urea groups is 1. The Labute approximate surface area is 127 Å². The Kier molecular flexibility index (Phi) is 5.23. The second-order valence-corrected chi connectivity index (χ2v) is 6.22. The lowest BCUT2D eigenvalue weighted by Crippen LogP contribution is -2.48. The molecule has 2 amide bonds. The minimum Gasteiger partial charge on any atom is -0.393 e. The Bertz CT molecular complexity index is 455. The average Bonchev–Trinajstić information content (AvgIpc) is 2.44. The Morgan fingerprint density at radius 3 is 2.57 bits per heavy atom. The van der Waals surface area contributed by atoms with Crippen LogP contribution in [0, 0.1) is 0 Å². The van der Waals surface area contributed by atoms with E-state index in [0.29, 0.717) is 19.5 Å². The number of aliphatic hydroxyl groups is 1. The van der Waals surface area contributed by atoms with Crippen LogP contribution in [-0.2, 0) is 5.41 Å². The summed E-state index contributed by atoms with van der Waals surface area (Å²) in [6.45, 7) is 3.00. The van der Waals surface area contributed by atoms with E-state index >= 15 is 0 Å². The van der Waals surface area contributed by atoms with Crippen molar-refractivity contribution in [2.75, 3.05) is 20.1 Å². The molecule has 1 aliphatic rings. The highest BCUT2D eigenvalue weighted by molar-refractivity contribution is 5.74. The Morgan fingerprint density at radius 1 is 1.38 bits per heavy atom. The van der Waals surface area contributed by atoms with Gasteiger partial charge in [-0.05, 0) is 31.7 Å². The zero-order chi connectivity index (χ0) is 15.3. The molecule has 1 aromatic carbocycles. The van der Waals surface area contributed by atoms with Gasteiger partial charge in [-0.25, -0.2) is 4.79 Å². The highest BCUT2D eigenvalue weighted by Gasteiger charge is 2.38. The molecule has 0 spiro atoms. The standard InChI is InChI=1S/C17H26N2O2/c1-14(20)9-12-19(2)16(21)18-13-17(10-6-11-17)15-7-4-3-5-8-15/h3-5,7-8,14,20H,6,9-13H2,1-2H3,(H,18,21). The summed E-state index contributed by atoms with van der Waals surface area (Å²) >= 11 is 0. The molecule has 1 fully saturated rings. The number of hydrogen-bond donors (Lipinski definition) is 2. The predicted molar refractivity (Wildman–Crippen MR) is 84.3 cm³/mol. The van der Waals surface area contributed by atoms with Crippen molar-refractivity contribution in [3.63, 3.8) is 0 Å². The summed E-state index contributed by atoms with van der Waals surface area (Å²) in [5.74, 6) is 0. The van der Waals surface area contributed by atoms with Crippen LogP contribution in [0.2, 0.25) is 0 Å². The minimum atomic E-state index is -0.373. The van der Waals surface area contributed by atoms with Crippen LogP contribution in [0.4, 0.5) is 4.79 Å². The van der Waals surface area contributed by atoms with Gasteiger partial charge in [0, 0.05) is 25.6 Å². The fourth-order valence-corrected chi connectivity index (χ4v) is 2.82. The summed E-state index contributed by atoms with van der Waals surface area (Å²) in [7, 11) is 1.77. The number of carbonyl (C=O) groups is 1. The van der Waals surface area contributed by atoms with Gasteiger partial charge in [-0.1, -0.05) is 36.8 Å². The Balaban J connectivity index is 1.87. The van der Waals surface area contributed by atoms with E-state index < -0.39 is 0 Å². The topological polar surface area (TPSA) is 52.6 Å². The van der Waals surface area contributed by atoms with Gasteiger partial charge in [0.25, 0.3) is 0 Å². The molecule has 4 heteroatoms. The molecule has 21 heavy (non-hydrogen) atoms. The van der Waals surface area contributed by atoms with Gasteiger partial charge in [0.1, 0.15) is 0 Å². The maximum Gasteiger partial charge on any atom is 0.317 e. The highest BCUT2D eigenvalue weighted by atomic mass is 16.3. The van der Waals surface area contributed by atoms with Crippen molar-refractivity contribution in [3.05, 3.63) is 35.9 Å². The van der Waals surface area contributed by atoms with E-state index in [0.717, 1.165) is 12.8 Å². The Morgan fingerprint density at radius 2 is 2.05 bits per heavy atom. The molecular weight excluding hydrogens is 264 g/mol. The van der Waals surface area contributed by atoms with Gasteiger partial charge in [-0.2, -0.15) is 0 Å². The lowest BCUT2D eigenvalue weighted by molar-refractivity contribution is 0.160. The normalized spacial score (nSPS) is 17.7. The van der Waals surface area contributed by atoms with Crippen molar-refractivity contribution in [2.45, 2.75) is 44.1 Å². The lowest BCUT2D eigenvalue weighted by Gasteiger charge is -2.43. The third-order valence-corrected chi connectivity index (χ3v) is 4.50. The quantitative estimate of drug-likeness (QED) is 0.846. The first-order chi connectivity index (χ1) is 10.0. The summed E-state index contributed by atoms with van der Waals surface area (Å²) in [5.41, 5.74) is 1.44. The van der Waals surface area contributed by atoms with E-state index in [4.69, 9.17) is 0 Å². The summed E-state index contributed by atoms with van der Waals surface area (Å²) in [5, 5.41) is 12.3. The van der Waals surface area contributed by atoms with Crippen LogP contribution in [0.1, 0.15) is 38.2 Å². The lowest BCUT2D eigenvalue weighted by atomic mass is 9.64. The molecule has 0 heterocycles. The molecule has 1 atom stereocenters. The second kappa shape index (κ2) is 6.94. The van der Waals surface area contributed by atoms with Crippen LogP contribution in [0.3, 0.4) is 0 Å². The molecular formula is C17H26N2O2.